The Bertz CT molecular complexity index is 765. The zero-order chi connectivity index (χ0) is 21.0. The van der Waals surface area contributed by atoms with Gasteiger partial charge in [0.1, 0.15) is 0 Å². The van der Waals surface area contributed by atoms with Gasteiger partial charge >= 0.3 is 0 Å². The quantitative estimate of drug-likeness (QED) is 0.423. The van der Waals surface area contributed by atoms with Crippen LogP contribution in [-0.4, -0.2) is 78.1 Å². The first-order valence-electron chi connectivity index (χ1n) is 8.36. The molecule has 0 fully saturated rings. The molecule has 0 saturated carbocycles. The van der Waals surface area contributed by atoms with E-state index in [0.717, 1.165) is 4.31 Å². The Morgan fingerprint density at radius 2 is 1.46 bits per heavy atom. The molecule has 0 unspecified atom stereocenters. The van der Waals surface area contributed by atoms with Crippen molar-refractivity contribution in [1.29, 1.82) is 5.26 Å². The van der Waals surface area contributed by atoms with Crippen LogP contribution in [-0.2, 0) is 29.1 Å². The molecule has 0 aliphatic heterocycles. The lowest BCUT2D eigenvalue weighted by atomic mass is 10.2. The smallest absolute Gasteiger partial charge is 0.244 e. The Labute approximate surface area is 164 Å². The van der Waals surface area contributed by atoms with Crippen LogP contribution in [0.25, 0.3) is 0 Å². The lowest BCUT2D eigenvalue weighted by Gasteiger charge is -2.21. The fraction of sp³-hybridized carbons (Fsp3) is 0.471. The van der Waals surface area contributed by atoms with Crippen molar-refractivity contribution in [3.8, 4) is 6.07 Å². The van der Waals surface area contributed by atoms with Crippen LogP contribution in [0.5, 0.6) is 0 Å². The summed E-state index contributed by atoms with van der Waals surface area (Å²) in [6, 6.07) is 7.11. The first kappa shape index (κ1) is 23.5. The molecular weight excluding hydrogens is 388 g/mol. The number of carbonyl (C=O) groups excluding carboxylic acids is 2. The van der Waals surface area contributed by atoms with E-state index in [9.17, 15) is 18.0 Å². The van der Waals surface area contributed by atoms with Crippen molar-refractivity contribution in [2.24, 2.45) is 0 Å². The predicted molar refractivity (Wildman–Crippen MR) is 99.7 cm³/mol. The minimum atomic E-state index is -4.14. The van der Waals surface area contributed by atoms with E-state index in [4.69, 9.17) is 14.7 Å². The molecule has 0 aliphatic carbocycles. The van der Waals surface area contributed by atoms with Crippen LogP contribution in [0, 0.1) is 11.3 Å². The van der Waals surface area contributed by atoms with Gasteiger partial charge in [-0.2, -0.15) is 9.57 Å². The molecule has 11 heteroatoms. The summed E-state index contributed by atoms with van der Waals surface area (Å²) in [6.07, 6.45) is 0. The van der Waals surface area contributed by atoms with E-state index in [1.165, 1.54) is 38.5 Å². The lowest BCUT2D eigenvalue weighted by Crippen LogP contribution is -2.46. The number of benzene rings is 1. The fourth-order valence-corrected chi connectivity index (χ4v) is 3.45. The summed E-state index contributed by atoms with van der Waals surface area (Å²) in [5, 5.41) is 13.9. The minimum Gasteiger partial charge on any atom is -0.383 e. The Morgan fingerprint density at radius 1 is 1.00 bits per heavy atom. The molecule has 0 spiro atoms. The summed E-state index contributed by atoms with van der Waals surface area (Å²) in [7, 11) is -1.20. The van der Waals surface area contributed by atoms with Crippen LogP contribution in [0.15, 0.2) is 29.2 Å². The normalized spacial score (nSPS) is 11.1. The monoisotopic (exact) mass is 412 g/mol. The average Bonchev–Trinajstić information content (AvgIpc) is 2.68. The zero-order valence-corrected chi connectivity index (χ0v) is 16.6. The summed E-state index contributed by atoms with van der Waals surface area (Å²) in [6.45, 7) is -0.120. The Balaban J connectivity index is 2.97. The molecule has 0 bridgehead atoms. The van der Waals surface area contributed by atoms with Gasteiger partial charge in [-0.3, -0.25) is 9.59 Å². The van der Waals surface area contributed by atoms with E-state index in [2.05, 4.69) is 10.6 Å². The molecular formula is C17H24N4O6S. The van der Waals surface area contributed by atoms with E-state index >= 15 is 0 Å². The van der Waals surface area contributed by atoms with Crippen molar-refractivity contribution in [3.63, 3.8) is 0 Å². The first-order chi connectivity index (χ1) is 13.3. The molecule has 1 aromatic rings. The maximum Gasteiger partial charge on any atom is 0.244 e. The summed E-state index contributed by atoms with van der Waals surface area (Å²) >= 11 is 0. The van der Waals surface area contributed by atoms with E-state index in [1.54, 1.807) is 0 Å². The van der Waals surface area contributed by atoms with Gasteiger partial charge in [0.2, 0.25) is 21.8 Å². The first-order valence-corrected chi connectivity index (χ1v) is 9.80. The molecule has 154 valence electrons. The fourth-order valence-electron chi connectivity index (χ4n) is 2.09. The van der Waals surface area contributed by atoms with Crippen LogP contribution in [0.3, 0.4) is 0 Å². The van der Waals surface area contributed by atoms with Gasteiger partial charge in [0, 0.05) is 27.3 Å². The molecule has 28 heavy (non-hydrogen) atoms. The highest BCUT2D eigenvalue weighted by Crippen LogP contribution is 2.16. The maximum atomic E-state index is 12.9. The molecule has 0 aromatic heterocycles. The Morgan fingerprint density at radius 3 is 1.86 bits per heavy atom. The number of amides is 2. The summed E-state index contributed by atoms with van der Waals surface area (Å²) in [5.74, 6) is -1.14. The summed E-state index contributed by atoms with van der Waals surface area (Å²) < 4.78 is 36.2. The van der Waals surface area contributed by atoms with E-state index in [-0.39, 0.29) is 31.2 Å². The number of rotatable bonds is 12. The molecule has 10 nitrogen and oxygen atoms in total. The third-order valence-corrected chi connectivity index (χ3v) is 5.32. The van der Waals surface area contributed by atoms with E-state index in [1.807, 2.05) is 6.07 Å². The number of nitriles is 1. The number of sulfonamides is 1. The highest BCUT2D eigenvalue weighted by molar-refractivity contribution is 7.89. The van der Waals surface area contributed by atoms with Crippen LogP contribution in [0.4, 0.5) is 0 Å². The van der Waals surface area contributed by atoms with Gasteiger partial charge in [0.15, 0.2) is 0 Å². The molecule has 0 radical (unpaired) electrons. The molecule has 0 saturated heterocycles. The van der Waals surface area contributed by atoms with Crippen LogP contribution in [0.1, 0.15) is 5.56 Å². The number of hydrogen-bond acceptors (Lipinski definition) is 7. The van der Waals surface area contributed by atoms with Crippen LogP contribution < -0.4 is 10.6 Å². The number of ether oxygens (including phenoxy) is 2. The molecule has 0 atom stereocenters. The zero-order valence-electron chi connectivity index (χ0n) is 15.8. The van der Waals surface area contributed by atoms with Crippen molar-refractivity contribution in [2.45, 2.75) is 4.90 Å². The highest BCUT2D eigenvalue weighted by Gasteiger charge is 2.28. The number of nitrogens with zero attached hydrogens (tertiary/aromatic N) is 2. The van der Waals surface area contributed by atoms with Gasteiger partial charge in [0.05, 0.1) is 42.8 Å². The molecule has 1 rings (SSSR count). The van der Waals surface area contributed by atoms with Crippen molar-refractivity contribution < 1.29 is 27.5 Å². The molecule has 2 N–H and O–H groups in total. The van der Waals surface area contributed by atoms with Crippen molar-refractivity contribution in [1.82, 2.24) is 14.9 Å². The number of nitrogens with one attached hydrogen (secondary N) is 2. The lowest BCUT2D eigenvalue weighted by molar-refractivity contribution is -0.123. The van der Waals surface area contributed by atoms with Crippen LogP contribution in [0.2, 0.25) is 0 Å². The molecule has 0 heterocycles. The third-order valence-electron chi connectivity index (χ3n) is 3.52. The second-order valence-electron chi connectivity index (χ2n) is 5.59. The average molecular weight is 412 g/mol. The molecule has 0 aliphatic rings. The number of carbonyl (C=O) groups is 2. The largest absolute Gasteiger partial charge is 0.383 e. The van der Waals surface area contributed by atoms with Crippen molar-refractivity contribution >= 4 is 21.8 Å². The highest BCUT2D eigenvalue weighted by atomic mass is 32.2. The van der Waals surface area contributed by atoms with Gasteiger partial charge < -0.3 is 20.1 Å². The van der Waals surface area contributed by atoms with Crippen LogP contribution >= 0.6 is 0 Å². The summed E-state index contributed by atoms with van der Waals surface area (Å²) in [5.41, 5.74) is 0.292. The summed E-state index contributed by atoms with van der Waals surface area (Å²) in [4.78, 5) is 24.0. The SMILES string of the molecule is COCCNC(=O)CN(CC(=O)NCCOC)S(=O)(=O)c1ccc(C#N)cc1. The number of methoxy groups -OCH3 is 2. The van der Waals surface area contributed by atoms with E-state index < -0.39 is 34.9 Å². The second kappa shape index (κ2) is 12.0. The minimum absolute atomic E-state index is 0.124. The van der Waals surface area contributed by atoms with Crippen molar-refractivity contribution in [3.05, 3.63) is 29.8 Å². The molecule has 1 aromatic carbocycles. The van der Waals surface area contributed by atoms with Gasteiger partial charge in [-0.15, -0.1) is 0 Å². The van der Waals surface area contributed by atoms with Gasteiger partial charge in [-0.1, -0.05) is 0 Å². The van der Waals surface area contributed by atoms with Gasteiger partial charge in [0.25, 0.3) is 0 Å². The topological polar surface area (TPSA) is 138 Å². The standard InChI is InChI=1S/C17H24N4O6S/c1-26-9-7-19-16(22)12-21(13-17(23)20-8-10-27-2)28(24,25)15-5-3-14(11-18)4-6-15/h3-6H,7-10,12-13H2,1-2H3,(H,19,22)(H,20,23). The van der Waals surface area contributed by atoms with E-state index in [0.29, 0.717) is 5.56 Å². The van der Waals surface area contributed by atoms with Gasteiger partial charge in [-0.05, 0) is 24.3 Å². The third kappa shape index (κ3) is 7.61. The Kier molecular flexibility index (Phi) is 10.1. The van der Waals surface area contributed by atoms with Gasteiger partial charge in [-0.25, -0.2) is 8.42 Å². The van der Waals surface area contributed by atoms with Crippen molar-refractivity contribution in [2.75, 3.05) is 53.6 Å². The maximum absolute atomic E-state index is 12.9. The Hall–Kier alpha value is -2.52. The predicted octanol–water partition coefficient (Wildman–Crippen LogP) is -0.926. The molecule has 2 amide bonds. The number of hydrogen-bond donors (Lipinski definition) is 2. The second-order valence-corrected chi connectivity index (χ2v) is 7.53.